The van der Waals surface area contributed by atoms with Gasteiger partial charge in [-0.25, -0.2) is 0 Å². The van der Waals surface area contributed by atoms with Crippen molar-refractivity contribution < 1.29 is 22.7 Å². The molecule has 0 spiro atoms. The van der Waals surface area contributed by atoms with Crippen LogP contribution in [0.3, 0.4) is 0 Å². The maximum Gasteiger partial charge on any atom is 0.431 e. The molecule has 2 fully saturated rings. The Hall–Kier alpha value is -1.99. The first-order chi connectivity index (χ1) is 14.1. The topological polar surface area (TPSA) is 34.5 Å². The Labute approximate surface area is 178 Å². The summed E-state index contributed by atoms with van der Waals surface area (Å²) in [5.74, 6) is -0.434. The van der Waals surface area contributed by atoms with Gasteiger partial charge in [0.2, 0.25) is 0 Å². The first-order valence-electron chi connectivity index (χ1n) is 10.1. The average molecular weight is 441 g/mol. The van der Waals surface area contributed by atoms with E-state index in [4.69, 9.17) is 16.3 Å². The van der Waals surface area contributed by atoms with Gasteiger partial charge >= 0.3 is 6.18 Å². The second-order valence-corrected chi connectivity index (χ2v) is 8.95. The molecule has 2 aliphatic rings. The second kappa shape index (κ2) is 7.61. The van der Waals surface area contributed by atoms with E-state index < -0.39 is 11.9 Å². The van der Waals surface area contributed by atoms with Crippen molar-refractivity contribution in [2.45, 2.75) is 52.1 Å². The van der Waals surface area contributed by atoms with Crippen LogP contribution in [-0.2, 0) is 17.5 Å². The van der Waals surface area contributed by atoms with E-state index in [-0.39, 0.29) is 41.8 Å². The van der Waals surface area contributed by atoms with Gasteiger partial charge in [-0.1, -0.05) is 37.6 Å². The summed E-state index contributed by atoms with van der Waals surface area (Å²) >= 11 is 5.99. The summed E-state index contributed by atoms with van der Waals surface area (Å²) in [5, 5.41) is 0.482. The highest BCUT2D eigenvalue weighted by atomic mass is 35.5. The van der Waals surface area contributed by atoms with Gasteiger partial charge in [0.25, 0.3) is 5.91 Å². The molecule has 4 rings (SSSR count). The number of carbonyl (C=O) groups excluding carboxylic acids is 1. The minimum Gasteiger partial charge on any atom is -0.374 e. The fourth-order valence-electron chi connectivity index (χ4n) is 4.64. The molecule has 1 amide bonds. The molecular weight excluding hydrogens is 417 g/mol. The first-order valence-corrected chi connectivity index (χ1v) is 10.4. The van der Waals surface area contributed by atoms with Crippen LogP contribution in [0.4, 0.5) is 13.2 Å². The zero-order valence-electron chi connectivity index (χ0n) is 17.1. The van der Waals surface area contributed by atoms with Gasteiger partial charge in [-0.15, -0.1) is 0 Å². The maximum atomic E-state index is 14.1. The highest BCUT2D eigenvalue weighted by Gasteiger charge is 2.46. The first kappa shape index (κ1) is 21.2. The van der Waals surface area contributed by atoms with E-state index >= 15 is 0 Å². The summed E-state index contributed by atoms with van der Waals surface area (Å²) in [6, 6.07) is 6.51. The lowest BCUT2D eigenvalue weighted by molar-refractivity contribution is -0.144. The van der Waals surface area contributed by atoms with E-state index in [1.807, 2.05) is 13.8 Å². The summed E-state index contributed by atoms with van der Waals surface area (Å²) < 4.78 is 49.2. The van der Waals surface area contributed by atoms with E-state index in [2.05, 4.69) is 0 Å². The van der Waals surface area contributed by atoms with Crippen LogP contribution in [-0.4, -0.2) is 40.7 Å². The molecule has 1 aromatic heterocycles. The Morgan fingerprint density at radius 2 is 1.93 bits per heavy atom. The molecule has 0 unspecified atom stereocenters. The number of morpholine rings is 1. The molecule has 2 bridgehead atoms. The van der Waals surface area contributed by atoms with Crippen LogP contribution < -0.4 is 0 Å². The minimum absolute atomic E-state index is 0.0328. The van der Waals surface area contributed by atoms with Gasteiger partial charge in [0.15, 0.2) is 0 Å². The third-order valence-electron chi connectivity index (χ3n) is 5.82. The molecule has 8 heteroatoms. The monoisotopic (exact) mass is 440 g/mol. The van der Waals surface area contributed by atoms with Crippen molar-refractivity contribution in [2.24, 2.45) is 5.92 Å². The molecule has 30 heavy (non-hydrogen) atoms. The van der Waals surface area contributed by atoms with Gasteiger partial charge in [-0.05, 0) is 42.5 Å². The summed E-state index contributed by atoms with van der Waals surface area (Å²) in [6.07, 6.45) is -3.88. The largest absolute Gasteiger partial charge is 0.431 e. The zero-order valence-corrected chi connectivity index (χ0v) is 17.8. The van der Waals surface area contributed by atoms with Crippen LogP contribution in [0.25, 0.3) is 11.1 Å². The van der Waals surface area contributed by atoms with Gasteiger partial charge < -0.3 is 14.2 Å². The van der Waals surface area contributed by atoms with Crippen molar-refractivity contribution in [3.8, 4) is 11.1 Å². The number of halogens is 4. The van der Waals surface area contributed by atoms with E-state index in [0.29, 0.717) is 29.3 Å². The van der Waals surface area contributed by atoms with Gasteiger partial charge in [0.1, 0.15) is 11.4 Å². The van der Waals surface area contributed by atoms with E-state index in [0.717, 1.165) is 6.42 Å². The molecule has 162 valence electrons. The Morgan fingerprint density at radius 3 is 2.43 bits per heavy atom. The van der Waals surface area contributed by atoms with Crippen molar-refractivity contribution in [1.82, 2.24) is 9.47 Å². The molecule has 2 saturated heterocycles. The number of likely N-dealkylation sites (tertiary alicyclic amines) is 1. The lowest BCUT2D eigenvalue weighted by Gasteiger charge is -2.28. The maximum absolute atomic E-state index is 14.1. The van der Waals surface area contributed by atoms with Crippen LogP contribution in [0.5, 0.6) is 0 Å². The molecular formula is C22H24ClF3N2O2. The van der Waals surface area contributed by atoms with Gasteiger partial charge in [-0.3, -0.25) is 4.79 Å². The fourth-order valence-corrected chi connectivity index (χ4v) is 4.76. The van der Waals surface area contributed by atoms with Crippen molar-refractivity contribution in [1.29, 1.82) is 0 Å². The lowest BCUT2D eigenvalue weighted by atomic mass is 10.00. The van der Waals surface area contributed by atoms with Crippen LogP contribution in [0.1, 0.15) is 42.0 Å². The van der Waals surface area contributed by atoms with E-state index in [9.17, 15) is 18.0 Å². The molecule has 0 radical (unpaired) electrons. The van der Waals surface area contributed by atoms with Crippen molar-refractivity contribution in [3.63, 3.8) is 0 Å². The van der Waals surface area contributed by atoms with Gasteiger partial charge in [0.05, 0.1) is 18.8 Å². The van der Waals surface area contributed by atoms with Gasteiger partial charge in [0, 0.05) is 23.7 Å². The number of amides is 1. The number of hydrogen-bond donors (Lipinski definition) is 0. The number of rotatable bonds is 4. The molecule has 0 aliphatic carbocycles. The minimum atomic E-state index is -4.58. The van der Waals surface area contributed by atoms with E-state index in [1.165, 1.54) is 11.5 Å². The molecule has 0 saturated carbocycles. The number of aromatic nitrogens is 1. The molecule has 4 nitrogen and oxygen atoms in total. The molecule has 1 aromatic carbocycles. The molecule has 2 aliphatic heterocycles. The van der Waals surface area contributed by atoms with Crippen LogP contribution in [0.2, 0.25) is 5.02 Å². The van der Waals surface area contributed by atoms with E-state index in [1.54, 1.807) is 29.2 Å². The normalized spacial score (nSPS) is 21.1. The third-order valence-corrected chi connectivity index (χ3v) is 6.07. The quantitative estimate of drug-likeness (QED) is 0.637. The number of fused-ring (bicyclic) bond motifs is 2. The van der Waals surface area contributed by atoms with Gasteiger partial charge in [-0.2, -0.15) is 13.2 Å². The number of ether oxygens (including phenoxy) is 1. The van der Waals surface area contributed by atoms with Crippen molar-refractivity contribution >= 4 is 17.5 Å². The number of nitrogens with zero attached hydrogens (tertiary/aromatic N) is 2. The highest BCUT2D eigenvalue weighted by molar-refractivity contribution is 6.30. The Morgan fingerprint density at radius 1 is 1.27 bits per heavy atom. The van der Waals surface area contributed by atoms with Crippen LogP contribution in [0.15, 0.2) is 24.3 Å². The number of hydrogen-bond acceptors (Lipinski definition) is 2. The standard InChI is InChI=1S/C22H24ClF3N2O2/c1-12(2)9-28-19(21(29)27-10-17-8-16(27)11-30-17)18(13(3)20(28)22(24,25)26)14-4-6-15(23)7-5-14/h4-7,12,16-17H,8-11H2,1-3H3/t16-,17-/m1/s1. The molecule has 2 aromatic rings. The SMILES string of the molecule is Cc1c(-c2ccc(Cl)cc2)c(C(=O)N2C[C@H]3C[C@@H]2CO3)n(CC(C)C)c1C(F)(F)F. The Balaban J connectivity index is 1.94. The highest BCUT2D eigenvalue weighted by Crippen LogP contribution is 2.43. The number of alkyl halides is 3. The average Bonchev–Trinajstić information content (AvgIpc) is 3.34. The Bertz CT molecular complexity index is 966. The zero-order chi connectivity index (χ0) is 21.8. The summed E-state index contributed by atoms with van der Waals surface area (Å²) in [7, 11) is 0. The Kier molecular flexibility index (Phi) is 5.39. The molecule has 0 N–H and O–H groups in total. The molecule has 3 heterocycles. The van der Waals surface area contributed by atoms with Crippen LogP contribution in [0, 0.1) is 12.8 Å². The number of benzene rings is 1. The lowest BCUT2D eigenvalue weighted by Crippen LogP contribution is -2.42. The predicted molar refractivity (Wildman–Crippen MR) is 109 cm³/mol. The fraction of sp³-hybridized carbons (Fsp3) is 0.500. The van der Waals surface area contributed by atoms with Crippen LogP contribution >= 0.6 is 11.6 Å². The molecule has 2 atom stereocenters. The summed E-state index contributed by atoms with van der Waals surface area (Å²) in [6.45, 7) is 6.08. The predicted octanol–water partition coefficient (Wildman–Crippen LogP) is 5.41. The number of carbonyl (C=O) groups is 1. The second-order valence-electron chi connectivity index (χ2n) is 8.51. The summed E-state index contributed by atoms with van der Waals surface area (Å²) in [4.78, 5) is 15.3. The van der Waals surface area contributed by atoms with Crippen molar-refractivity contribution in [2.75, 3.05) is 13.2 Å². The smallest absolute Gasteiger partial charge is 0.374 e. The summed E-state index contributed by atoms with van der Waals surface area (Å²) in [5.41, 5.74) is 0.283. The van der Waals surface area contributed by atoms with Crippen molar-refractivity contribution in [3.05, 3.63) is 46.2 Å². The third kappa shape index (κ3) is 3.62.